The van der Waals surface area contributed by atoms with Crippen LogP contribution in [0.2, 0.25) is 0 Å². The lowest BCUT2D eigenvalue weighted by atomic mass is 9.94. The Hall–Kier alpha value is -4.15. The highest BCUT2D eigenvalue weighted by Gasteiger charge is 2.21. The summed E-state index contributed by atoms with van der Waals surface area (Å²) in [6.45, 7) is 11.3. The summed E-state index contributed by atoms with van der Waals surface area (Å²) in [7, 11) is 0. The normalized spacial score (nSPS) is 12.8. The van der Waals surface area contributed by atoms with Crippen molar-refractivity contribution in [3.05, 3.63) is 82.4 Å². The minimum Gasteiger partial charge on any atom is -0.489 e. The van der Waals surface area contributed by atoms with Crippen LogP contribution in [-0.2, 0) is 13.0 Å². The van der Waals surface area contributed by atoms with Crippen LogP contribution in [-0.4, -0.2) is 50.3 Å². The van der Waals surface area contributed by atoms with Gasteiger partial charge in [0, 0.05) is 30.9 Å². The van der Waals surface area contributed by atoms with Crippen molar-refractivity contribution in [1.82, 2.24) is 19.9 Å². The van der Waals surface area contributed by atoms with E-state index in [2.05, 4.69) is 49.9 Å². The lowest BCUT2D eigenvalue weighted by molar-refractivity contribution is 0.0993. The summed E-state index contributed by atoms with van der Waals surface area (Å²) in [5.74, 6) is 1.01. The van der Waals surface area contributed by atoms with E-state index in [1.54, 1.807) is 16.7 Å². The number of fused-ring (bicyclic) bond motifs is 1. The Balaban J connectivity index is 1.30. The number of rotatable bonds is 12. The fourth-order valence-electron chi connectivity index (χ4n) is 4.52. The van der Waals surface area contributed by atoms with Crippen LogP contribution in [0.3, 0.4) is 0 Å². The minimum atomic E-state index is -0.754. The van der Waals surface area contributed by atoms with E-state index in [-0.39, 0.29) is 23.3 Å². The van der Waals surface area contributed by atoms with Crippen LogP contribution in [0, 0.1) is 5.41 Å². The van der Waals surface area contributed by atoms with Gasteiger partial charge in [-0.2, -0.15) is 0 Å². The molecule has 0 aliphatic carbocycles. The zero-order chi connectivity index (χ0) is 29.8. The molecular weight excluding hydrogens is 522 g/mol. The molecule has 0 spiro atoms. The monoisotopic (exact) mass is 561 g/mol. The van der Waals surface area contributed by atoms with Crippen molar-refractivity contribution in [2.75, 3.05) is 13.2 Å². The number of primary amides is 1. The highest BCUT2D eigenvalue weighted by molar-refractivity contribution is 5.92. The van der Waals surface area contributed by atoms with Crippen LogP contribution in [0.5, 0.6) is 17.4 Å². The van der Waals surface area contributed by atoms with Gasteiger partial charge in [-0.05, 0) is 61.6 Å². The average Bonchev–Trinajstić information content (AvgIpc) is 3.21. The van der Waals surface area contributed by atoms with E-state index < -0.39 is 12.0 Å². The molecule has 10 heteroatoms. The number of ether oxygens (including phenoxy) is 2. The van der Waals surface area contributed by atoms with E-state index in [0.717, 1.165) is 5.56 Å². The van der Waals surface area contributed by atoms with Crippen molar-refractivity contribution in [3.63, 3.8) is 0 Å². The Morgan fingerprint density at radius 3 is 2.46 bits per heavy atom. The number of hydrogen-bond donors (Lipinski definition) is 4. The maximum absolute atomic E-state index is 12.6. The molecule has 10 nitrogen and oxygen atoms in total. The second-order valence-electron chi connectivity index (χ2n) is 12.1. The first-order chi connectivity index (χ1) is 19.3. The Morgan fingerprint density at radius 2 is 1.83 bits per heavy atom. The third-order valence-electron chi connectivity index (χ3n) is 6.45. The van der Waals surface area contributed by atoms with Gasteiger partial charge in [0.2, 0.25) is 11.8 Å². The van der Waals surface area contributed by atoms with Crippen molar-refractivity contribution >= 4 is 16.9 Å². The highest BCUT2D eigenvalue weighted by atomic mass is 16.5. The van der Waals surface area contributed by atoms with Gasteiger partial charge in [-0.3, -0.25) is 9.36 Å². The number of nitrogens with two attached hydrogens (primary N) is 1. The average molecular weight is 562 g/mol. The topological polar surface area (TPSA) is 144 Å². The number of para-hydroxylation sites is 1. The number of aromatic amines is 1. The van der Waals surface area contributed by atoms with E-state index in [0.29, 0.717) is 53.5 Å². The second kappa shape index (κ2) is 12.2. The molecule has 0 aliphatic rings. The van der Waals surface area contributed by atoms with Crippen molar-refractivity contribution in [2.24, 2.45) is 11.1 Å². The molecule has 0 saturated carbocycles. The molecule has 1 amide bonds. The van der Waals surface area contributed by atoms with Gasteiger partial charge in [0.05, 0.1) is 11.1 Å². The van der Waals surface area contributed by atoms with Crippen LogP contribution >= 0.6 is 0 Å². The van der Waals surface area contributed by atoms with Gasteiger partial charge < -0.3 is 30.6 Å². The third-order valence-corrected chi connectivity index (χ3v) is 6.45. The maximum atomic E-state index is 12.6. The molecule has 0 aliphatic heterocycles. The first kappa shape index (κ1) is 29.8. The van der Waals surface area contributed by atoms with Crippen LogP contribution in [0.25, 0.3) is 11.0 Å². The number of benzene rings is 2. The quantitative estimate of drug-likeness (QED) is 0.205. The Morgan fingerprint density at radius 1 is 1.10 bits per heavy atom. The molecule has 5 N–H and O–H groups in total. The second-order valence-corrected chi connectivity index (χ2v) is 12.1. The summed E-state index contributed by atoms with van der Waals surface area (Å²) in [4.78, 5) is 30.8. The van der Waals surface area contributed by atoms with Gasteiger partial charge in [-0.25, -0.2) is 9.78 Å². The number of aromatic nitrogens is 3. The smallest absolute Gasteiger partial charge is 0.326 e. The number of carbonyl (C=O) groups is 1. The Kier molecular flexibility index (Phi) is 8.84. The standard InChI is InChI=1S/C31H39N5O5/c1-30(2,3)19-36-27-24(35-29(36)39)7-6-8-25(27)40-18-22(37)17-34-31(4,5)15-20-9-12-23(13-10-20)41-26-14-11-21(16-33-26)28(32)38/h6-14,16,22,34,37H,15,17-19H2,1-5H3,(H2,32,38)(H,35,39)/t22-/m0/s1. The number of H-pyrrole nitrogens is 1. The van der Waals surface area contributed by atoms with Crippen LogP contribution in [0.4, 0.5) is 0 Å². The number of imidazole rings is 1. The van der Waals surface area contributed by atoms with Crippen LogP contribution in [0.15, 0.2) is 65.6 Å². The molecule has 1 atom stereocenters. The van der Waals surface area contributed by atoms with Crippen LogP contribution in [0.1, 0.15) is 50.5 Å². The molecule has 218 valence electrons. The number of β-amino-alcohol motifs (C(OH)–C–C–N with tert-alkyl or cyclic N) is 1. The number of nitrogens with one attached hydrogen (secondary N) is 2. The highest BCUT2D eigenvalue weighted by Crippen LogP contribution is 2.27. The molecule has 2 aromatic carbocycles. The van der Waals surface area contributed by atoms with Crippen molar-refractivity contribution in [3.8, 4) is 17.4 Å². The van der Waals surface area contributed by atoms with Crippen molar-refractivity contribution in [2.45, 2.75) is 59.2 Å². The summed E-state index contributed by atoms with van der Waals surface area (Å²) in [6.07, 6.45) is 1.34. The number of amides is 1. The van der Waals surface area contributed by atoms with E-state index in [4.69, 9.17) is 15.2 Å². The fourth-order valence-corrected chi connectivity index (χ4v) is 4.52. The number of hydrogen-bond acceptors (Lipinski definition) is 7. The molecule has 2 aromatic heterocycles. The van der Waals surface area contributed by atoms with E-state index in [1.807, 2.05) is 42.5 Å². The first-order valence-electron chi connectivity index (χ1n) is 13.6. The number of aliphatic hydroxyl groups is 1. The number of nitrogens with zero attached hydrogens (tertiary/aromatic N) is 2. The van der Waals surface area contributed by atoms with E-state index in [1.165, 1.54) is 6.20 Å². The zero-order valence-corrected chi connectivity index (χ0v) is 24.2. The molecule has 0 saturated heterocycles. The van der Waals surface area contributed by atoms with Gasteiger partial charge in [-0.1, -0.05) is 39.0 Å². The molecule has 2 heterocycles. The molecule has 41 heavy (non-hydrogen) atoms. The predicted octanol–water partition coefficient (Wildman–Crippen LogP) is 4.01. The molecule has 4 rings (SSSR count). The number of aliphatic hydroxyl groups excluding tert-OH is 1. The van der Waals surface area contributed by atoms with Gasteiger partial charge in [0.25, 0.3) is 0 Å². The first-order valence-corrected chi connectivity index (χ1v) is 13.6. The molecule has 0 fully saturated rings. The van der Waals surface area contributed by atoms with Gasteiger partial charge in [0.15, 0.2) is 0 Å². The molecular formula is C31H39N5O5. The van der Waals surface area contributed by atoms with Crippen LogP contribution < -0.4 is 26.2 Å². The van der Waals surface area contributed by atoms with Gasteiger partial charge >= 0.3 is 5.69 Å². The molecule has 0 radical (unpaired) electrons. The van der Waals surface area contributed by atoms with Gasteiger partial charge in [-0.15, -0.1) is 0 Å². The summed E-state index contributed by atoms with van der Waals surface area (Å²) in [5, 5.41) is 14.1. The molecule has 4 aromatic rings. The van der Waals surface area contributed by atoms with Crippen molar-refractivity contribution in [1.29, 1.82) is 0 Å². The summed E-state index contributed by atoms with van der Waals surface area (Å²) >= 11 is 0. The summed E-state index contributed by atoms with van der Waals surface area (Å²) in [5.41, 5.74) is 7.50. The Bertz CT molecular complexity index is 1530. The van der Waals surface area contributed by atoms with Gasteiger partial charge in [0.1, 0.15) is 29.7 Å². The van der Waals surface area contributed by atoms with E-state index >= 15 is 0 Å². The minimum absolute atomic E-state index is 0.0809. The SMILES string of the molecule is CC(C)(C)Cn1c(=O)[nH]c2cccc(OC[C@@H](O)CNC(C)(C)Cc3ccc(Oc4ccc(C(N)=O)cn4)cc3)c21. The molecule has 0 unspecified atom stereocenters. The third kappa shape index (κ3) is 8.18. The Labute approximate surface area is 239 Å². The zero-order valence-electron chi connectivity index (χ0n) is 24.2. The maximum Gasteiger partial charge on any atom is 0.326 e. The number of pyridine rings is 1. The lowest BCUT2D eigenvalue weighted by Gasteiger charge is -2.28. The predicted molar refractivity (Wildman–Crippen MR) is 159 cm³/mol. The lowest BCUT2D eigenvalue weighted by Crippen LogP contribution is -2.46. The largest absolute Gasteiger partial charge is 0.489 e. The number of carbonyl (C=O) groups excluding carboxylic acids is 1. The molecule has 0 bridgehead atoms. The summed E-state index contributed by atoms with van der Waals surface area (Å²) in [6, 6.07) is 16.3. The van der Waals surface area contributed by atoms with E-state index in [9.17, 15) is 14.7 Å². The van der Waals surface area contributed by atoms with Crippen molar-refractivity contribution < 1.29 is 19.4 Å². The fraction of sp³-hybridized carbons (Fsp3) is 0.387. The summed E-state index contributed by atoms with van der Waals surface area (Å²) < 4.78 is 13.5.